The number of carboxylic acid groups (broad SMARTS) is 1. The van der Waals surface area contributed by atoms with Crippen LogP contribution in [0.5, 0.6) is 0 Å². The molecule has 0 spiro atoms. The van der Waals surface area contributed by atoms with Crippen LogP contribution in [-0.2, 0) is 10.4 Å². The Kier molecular flexibility index (Phi) is 4.50. The molecule has 3 heteroatoms. The van der Waals surface area contributed by atoms with E-state index in [1.165, 1.54) is 0 Å². The van der Waals surface area contributed by atoms with Gasteiger partial charge in [0.15, 0.2) is 0 Å². The predicted octanol–water partition coefficient (Wildman–Crippen LogP) is 2.54. The van der Waals surface area contributed by atoms with Crippen molar-refractivity contribution < 1.29 is 15.0 Å². The Morgan fingerprint density at radius 2 is 1.94 bits per heavy atom. The second kappa shape index (κ2) is 5.66. The van der Waals surface area contributed by atoms with Gasteiger partial charge in [-0.05, 0) is 12.0 Å². The molecule has 0 aliphatic carbocycles. The largest absolute Gasteiger partial charge is 0.481 e. The first-order valence-corrected chi connectivity index (χ1v) is 5.58. The standard InChI is InChI=1S/C13H18O3/c1-2-3-9-13(16,10-12(14)15)11-7-5-4-6-8-11/h4-8,16H,2-3,9-10H2,1H3,(H,14,15)/t13-/m0/s1. The number of rotatable bonds is 6. The Balaban J connectivity index is 2.90. The molecule has 0 saturated heterocycles. The molecule has 16 heavy (non-hydrogen) atoms. The number of hydrogen-bond acceptors (Lipinski definition) is 2. The highest BCUT2D eigenvalue weighted by atomic mass is 16.4. The number of unbranched alkanes of at least 4 members (excludes halogenated alkanes) is 1. The molecular weight excluding hydrogens is 204 g/mol. The van der Waals surface area contributed by atoms with E-state index in [9.17, 15) is 9.90 Å². The van der Waals surface area contributed by atoms with Crippen LogP contribution in [0.15, 0.2) is 30.3 Å². The first-order chi connectivity index (χ1) is 7.58. The zero-order valence-corrected chi connectivity index (χ0v) is 9.52. The average molecular weight is 222 g/mol. The van der Waals surface area contributed by atoms with Gasteiger partial charge in [-0.15, -0.1) is 0 Å². The van der Waals surface area contributed by atoms with Crippen molar-refractivity contribution in [3.63, 3.8) is 0 Å². The highest BCUT2D eigenvalue weighted by molar-refractivity contribution is 5.68. The fraction of sp³-hybridized carbons (Fsp3) is 0.462. The minimum Gasteiger partial charge on any atom is -0.481 e. The summed E-state index contributed by atoms with van der Waals surface area (Å²) in [7, 11) is 0. The summed E-state index contributed by atoms with van der Waals surface area (Å²) in [5, 5.41) is 19.3. The quantitative estimate of drug-likeness (QED) is 0.777. The lowest BCUT2D eigenvalue weighted by Gasteiger charge is -2.27. The molecule has 0 amide bonds. The number of aliphatic hydroxyl groups is 1. The first kappa shape index (κ1) is 12.7. The van der Waals surface area contributed by atoms with Crippen LogP contribution in [0.3, 0.4) is 0 Å². The van der Waals surface area contributed by atoms with E-state index in [0.29, 0.717) is 12.0 Å². The third-order valence-corrected chi connectivity index (χ3v) is 2.70. The van der Waals surface area contributed by atoms with E-state index in [2.05, 4.69) is 0 Å². The molecule has 1 aromatic carbocycles. The smallest absolute Gasteiger partial charge is 0.306 e. The molecule has 0 aliphatic heterocycles. The van der Waals surface area contributed by atoms with Gasteiger partial charge in [-0.2, -0.15) is 0 Å². The van der Waals surface area contributed by atoms with Gasteiger partial charge in [-0.1, -0.05) is 50.1 Å². The van der Waals surface area contributed by atoms with Crippen molar-refractivity contribution in [2.24, 2.45) is 0 Å². The molecular formula is C13H18O3. The lowest BCUT2D eigenvalue weighted by molar-refractivity contribution is -0.143. The van der Waals surface area contributed by atoms with Gasteiger partial charge in [-0.25, -0.2) is 0 Å². The van der Waals surface area contributed by atoms with Gasteiger partial charge in [0.2, 0.25) is 0 Å². The zero-order chi connectivity index (χ0) is 12.0. The molecule has 1 aromatic rings. The SMILES string of the molecule is CCCC[C@](O)(CC(=O)O)c1ccccc1. The molecule has 0 aromatic heterocycles. The molecule has 0 heterocycles. The molecule has 0 unspecified atom stereocenters. The molecule has 1 rings (SSSR count). The highest BCUT2D eigenvalue weighted by Crippen LogP contribution is 2.30. The van der Waals surface area contributed by atoms with Crippen molar-refractivity contribution in [3.05, 3.63) is 35.9 Å². The number of carbonyl (C=O) groups is 1. The van der Waals surface area contributed by atoms with Gasteiger partial charge in [0.25, 0.3) is 0 Å². The van der Waals surface area contributed by atoms with Gasteiger partial charge >= 0.3 is 5.97 Å². The van der Waals surface area contributed by atoms with E-state index in [-0.39, 0.29) is 6.42 Å². The first-order valence-electron chi connectivity index (χ1n) is 5.58. The number of hydrogen-bond donors (Lipinski definition) is 2. The van der Waals surface area contributed by atoms with Crippen LogP contribution in [0.4, 0.5) is 0 Å². The van der Waals surface area contributed by atoms with Gasteiger partial charge in [0.05, 0.1) is 6.42 Å². The maximum absolute atomic E-state index is 10.8. The molecule has 0 aliphatic rings. The summed E-state index contributed by atoms with van der Waals surface area (Å²) >= 11 is 0. The zero-order valence-electron chi connectivity index (χ0n) is 9.52. The second-order valence-electron chi connectivity index (χ2n) is 4.07. The van der Waals surface area contributed by atoms with E-state index in [4.69, 9.17) is 5.11 Å². The summed E-state index contributed by atoms with van der Waals surface area (Å²) in [5.74, 6) is -0.970. The van der Waals surface area contributed by atoms with Crippen molar-refractivity contribution >= 4 is 5.97 Å². The summed E-state index contributed by atoms with van der Waals surface area (Å²) in [4.78, 5) is 10.8. The summed E-state index contributed by atoms with van der Waals surface area (Å²) < 4.78 is 0. The Morgan fingerprint density at radius 1 is 1.31 bits per heavy atom. The molecule has 88 valence electrons. The molecule has 0 saturated carbocycles. The minimum absolute atomic E-state index is 0.239. The number of aliphatic carboxylic acids is 1. The number of carboxylic acids is 1. The fourth-order valence-electron chi connectivity index (χ4n) is 1.80. The van der Waals surface area contributed by atoms with E-state index in [1.54, 1.807) is 12.1 Å². The van der Waals surface area contributed by atoms with Gasteiger partial charge in [-0.3, -0.25) is 4.79 Å². The monoisotopic (exact) mass is 222 g/mol. The summed E-state index contributed by atoms with van der Waals surface area (Å²) in [6.45, 7) is 2.02. The summed E-state index contributed by atoms with van der Waals surface area (Å²) in [6.07, 6.45) is 2.00. The molecule has 0 bridgehead atoms. The van der Waals surface area contributed by atoms with Crippen LogP contribution in [0.1, 0.15) is 38.2 Å². The van der Waals surface area contributed by atoms with Crippen molar-refractivity contribution in [2.75, 3.05) is 0 Å². The van der Waals surface area contributed by atoms with Crippen LogP contribution in [0, 0.1) is 0 Å². The Hall–Kier alpha value is -1.35. The van der Waals surface area contributed by atoms with Crippen molar-refractivity contribution in [1.82, 2.24) is 0 Å². The third kappa shape index (κ3) is 3.35. The molecule has 0 radical (unpaired) electrons. The Labute approximate surface area is 95.7 Å². The normalized spacial score (nSPS) is 14.4. The van der Waals surface area contributed by atoms with Crippen molar-refractivity contribution in [2.45, 2.75) is 38.2 Å². The topological polar surface area (TPSA) is 57.5 Å². The van der Waals surface area contributed by atoms with Gasteiger partial charge < -0.3 is 10.2 Å². The minimum atomic E-state index is -1.23. The maximum Gasteiger partial charge on any atom is 0.306 e. The van der Waals surface area contributed by atoms with Crippen LogP contribution >= 0.6 is 0 Å². The van der Waals surface area contributed by atoms with Crippen molar-refractivity contribution in [1.29, 1.82) is 0 Å². The predicted molar refractivity (Wildman–Crippen MR) is 62.1 cm³/mol. The van der Waals surface area contributed by atoms with Gasteiger partial charge in [0, 0.05) is 0 Å². The average Bonchev–Trinajstić information content (AvgIpc) is 2.27. The molecule has 3 nitrogen and oxygen atoms in total. The molecule has 2 N–H and O–H groups in total. The Bertz CT molecular complexity index is 334. The van der Waals surface area contributed by atoms with Crippen LogP contribution in [-0.4, -0.2) is 16.2 Å². The van der Waals surface area contributed by atoms with E-state index >= 15 is 0 Å². The van der Waals surface area contributed by atoms with Gasteiger partial charge in [0.1, 0.15) is 5.60 Å². The van der Waals surface area contributed by atoms with Crippen LogP contribution in [0.2, 0.25) is 0 Å². The lowest BCUT2D eigenvalue weighted by Crippen LogP contribution is -2.29. The summed E-state index contributed by atoms with van der Waals surface area (Å²) in [6, 6.07) is 9.03. The van der Waals surface area contributed by atoms with Crippen LogP contribution < -0.4 is 0 Å². The maximum atomic E-state index is 10.8. The third-order valence-electron chi connectivity index (χ3n) is 2.70. The fourth-order valence-corrected chi connectivity index (χ4v) is 1.80. The molecule has 0 fully saturated rings. The highest BCUT2D eigenvalue weighted by Gasteiger charge is 2.31. The number of benzene rings is 1. The lowest BCUT2D eigenvalue weighted by atomic mass is 9.86. The van der Waals surface area contributed by atoms with E-state index in [0.717, 1.165) is 12.8 Å². The van der Waals surface area contributed by atoms with E-state index in [1.807, 2.05) is 25.1 Å². The molecule has 1 atom stereocenters. The summed E-state index contributed by atoms with van der Waals surface area (Å²) in [5.41, 5.74) is -0.547. The van der Waals surface area contributed by atoms with Crippen LogP contribution in [0.25, 0.3) is 0 Å². The Morgan fingerprint density at radius 3 is 2.44 bits per heavy atom. The van der Waals surface area contributed by atoms with Crippen molar-refractivity contribution in [3.8, 4) is 0 Å². The second-order valence-corrected chi connectivity index (χ2v) is 4.07. The van der Waals surface area contributed by atoms with E-state index < -0.39 is 11.6 Å².